The lowest BCUT2D eigenvalue weighted by Gasteiger charge is -2.25. The van der Waals surface area contributed by atoms with E-state index in [0.717, 1.165) is 41.8 Å². The van der Waals surface area contributed by atoms with E-state index in [0.29, 0.717) is 5.82 Å². The number of rotatable bonds is 2. The van der Waals surface area contributed by atoms with Gasteiger partial charge in [-0.1, -0.05) is 32.4 Å². The van der Waals surface area contributed by atoms with Gasteiger partial charge in [-0.2, -0.15) is 0 Å². The number of nitrogens with one attached hydrogen (secondary N) is 2. The van der Waals surface area contributed by atoms with Crippen LogP contribution in [-0.4, -0.2) is 41.0 Å². The first kappa shape index (κ1) is 15.9. The van der Waals surface area contributed by atoms with E-state index < -0.39 is 0 Å². The molecule has 1 aliphatic rings. The topological polar surface area (TPSA) is 109 Å². The van der Waals surface area contributed by atoms with Crippen LogP contribution in [0.2, 0.25) is 0 Å². The molecule has 0 bridgehead atoms. The molecule has 0 radical (unpaired) electrons. The van der Waals surface area contributed by atoms with Crippen LogP contribution in [0.3, 0.4) is 0 Å². The van der Waals surface area contributed by atoms with Crippen LogP contribution in [0.15, 0.2) is 6.20 Å². The minimum atomic E-state index is -0.147. The third-order valence-corrected chi connectivity index (χ3v) is 4.70. The molecule has 0 spiro atoms. The minimum Gasteiger partial charge on any atom is -0.258 e. The van der Waals surface area contributed by atoms with Crippen LogP contribution >= 0.6 is 0 Å². The van der Waals surface area contributed by atoms with E-state index in [1.807, 2.05) is 0 Å². The van der Waals surface area contributed by atoms with Crippen LogP contribution in [0, 0.1) is 0 Å². The maximum absolute atomic E-state index is 5.10. The Hall–Kier alpha value is -2.64. The van der Waals surface area contributed by atoms with E-state index in [9.17, 15) is 0 Å². The first-order valence-corrected chi connectivity index (χ1v) is 8.72. The van der Waals surface area contributed by atoms with Crippen LogP contribution in [0.25, 0.3) is 22.6 Å². The van der Waals surface area contributed by atoms with Crippen LogP contribution in [0.5, 0.6) is 0 Å². The molecule has 2 N–H and O–H groups in total. The lowest BCUT2D eigenvalue weighted by Crippen LogP contribution is -2.19. The minimum absolute atomic E-state index is 0.147. The van der Waals surface area contributed by atoms with Crippen molar-refractivity contribution in [1.82, 2.24) is 41.0 Å². The highest BCUT2D eigenvalue weighted by molar-refractivity contribution is 5.83. The van der Waals surface area contributed by atoms with Crippen molar-refractivity contribution in [2.75, 3.05) is 0 Å². The predicted octanol–water partition coefficient (Wildman–Crippen LogP) is 2.61. The Labute approximate surface area is 145 Å². The van der Waals surface area contributed by atoms with Gasteiger partial charge in [0.05, 0.1) is 23.1 Å². The molecular formula is C17H22N8. The third kappa shape index (κ3) is 2.81. The average Bonchev–Trinajstić information content (AvgIpc) is 3.22. The van der Waals surface area contributed by atoms with Crippen molar-refractivity contribution in [2.24, 2.45) is 0 Å². The van der Waals surface area contributed by atoms with Crippen molar-refractivity contribution >= 4 is 0 Å². The number of hydrogen-bond donors (Lipinski definition) is 2. The molecule has 0 atom stereocenters. The normalized spacial score (nSPS) is 15.0. The molecule has 0 aromatic carbocycles. The number of tetrazole rings is 1. The van der Waals surface area contributed by atoms with Crippen molar-refractivity contribution in [3.63, 3.8) is 0 Å². The summed E-state index contributed by atoms with van der Waals surface area (Å²) >= 11 is 0. The Bertz CT molecular complexity index is 859. The summed E-state index contributed by atoms with van der Waals surface area (Å²) in [6, 6.07) is 0. The van der Waals surface area contributed by atoms with Gasteiger partial charge in [-0.15, -0.1) is 10.2 Å². The van der Waals surface area contributed by atoms with E-state index in [1.165, 1.54) is 24.1 Å². The Balaban J connectivity index is 2.10. The van der Waals surface area contributed by atoms with E-state index in [2.05, 4.69) is 56.8 Å². The van der Waals surface area contributed by atoms with Crippen molar-refractivity contribution in [1.29, 1.82) is 0 Å². The van der Waals surface area contributed by atoms with Crippen LogP contribution in [0.4, 0.5) is 0 Å². The highest BCUT2D eigenvalue weighted by atomic mass is 15.5. The fourth-order valence-corrected chi connectivity index (χ4v) is 3.57. The molecule has 8 nitrogen and oxygen atoms in total. The Morgan fingerprint density at radius 1 is 0.960 bits per heavy atom. The zero-order valence-corrected chi connectivity index (χ0v) is 14.8. The van der Waals surface area contributed by atoms with Crippen molar-refractivity contribution in [2.45, 2.75) is 58.3 Å². The van der Waals surface area contributed by atoms with Gasteiger partial charge in [0.15, 0.2) is 5.82 Å². The maximum atomic E-state index is 5.10. The second-order valence-electron chi connectivity index (χ2n) is 7.57. The number of aromatic amines is 2. The Morgan fingerprint density at radius 2 is 1.80 bits per heavy atom. The molecule has 0 fully saturated rings. The molecular weight excluding hydrogens is 316 g/mol. The Morgan fingerprint density at radius 3 is 2.48 bits per heavy atom. The van der Waals surface area contributed by atoms with E-state index >= 15 is 0 Å². The maximum Gasteiger partial charge on any atom is 0.181 e. The van der Waals surface area contributed by atoms with Gasteiger partial charge in [0.2, 0.25) is 0 Å². The fourth-order valence-electron chi connectivity index (χ4n) is 3.57. The second kappa shape index (κ2) is 6.02. The lowest BCUT2D eigenvalue weighted by atomic mass is 9.83. The van der Waals surface area contributed by atoms with Crippen molar-refractivity contribution < 1.29 is 0 Å². The molecule has 0 saturated heterocycles. The van der Waals surface area contributed by atoms with Gasteiger partial charge in [-0.3, -0.25) is 10.1 Å². The smallest absolute Gasteiger partial charge is 0.181 e. The predicted molar refractivity (Wildman–Crippen MR) is 92.7 cm³/mol. The van der Waals surface area contributed by atoms with Gasteiger partial charge in [-0.25, -0.2) is 5.10 Å². The second-order valence-corrected chi connectivity index (χ2v) is 7.57. The van der Waals surface area contributed by atoms with Gasteiger partial charge >= 0.3 is 0 Å². The summed E-state index contributed by atoms with van der Waals surface area (Å²) in [6.45, 7) is 6.50. The van der Waals surface area contributed by atoms with Gasteiger partial charge < -0.3 is 0 Å². The molecule has 3 aromatic rings. The van der Waals surface area contributed by atoms with E-state index in [4.69, 9.17) is 4.98 Å². The number of pyridine rings is 1. The highest BCUT2D eigenvalue weighted by Crippen LogP contribution is 2.41. The summed E-state index contributed by atoms with van der Waals surface area (Å²) < 4.78 is 0. The highest BCUT2D eigenvalue weighted by Gasteiger charge is 2.30. The van der Waals surface area contributed by atoms with Crippen molar-refractivity contribution in [3.05, 3.63) is 23.1 Å². The van der Waals surface area contributed by atoms with Gasteiger partial charge in [0, 0.05) is 16.7 Å². The van der Waals surface area contributed by atoms with Crippen LogP contribution < -0.4 is 0 Å². The number of aryl methyl sites for hydroxylation is 1. The first-order valence-electron chi connectivity index (χ1n) is 8.72. The Kier molecular flexibility index (Phi) is 3.82. The van der Waals surface area contributed by atoms with Crippen molar-refractivity contribution in [3.8, 4) is 22.6 Å². The molecule has 0 aliphatic heterocycles. The summed E-state index contributed by atoms with van der Waals surface area (Å²) in [5, 5.41) is 25.6. The number of H-pyrrole nitrogens is 2. The van der Waals surface area contributed by atoms with E-state index in [-0.39, 0.29) is 5.41 Å². The molecule has 0 amide bonds. The SMILES string of the molecule is CC(C)(C)c1nc2c(c(-c3cnn[nH]3)c1-c1nnn[nH]1)CCCCC2. The average molecular weight is 338 g/mol. The summed E-state index contributed by atoms with van der Waals surface area (Å²) in [6.07, 6.45) is 7.32. The first-order chi connectivity index (χ1) is 12.1. The summed E-state index contributed by atoms with van der Waals surface area (Å²) in [5.74, 6) is 0.633. The number of nitrogens with zero attached hydrogens (tertiary/aromatic N) is 6. The quantitative estimate of drug-likeness (QED) is 0.695. The summed E-state index contributed by atoms with van der Waals surface area (Å²) in [7, 11) is 0. The third-order valence-electron chi connectivity index (χ3n) is 4.70. The number of fused-ring (bicyclic) bond motifs is 1. The van der Waals surface area contributed by atoms with Gasteiger partial charge in [0.1, 0.15) is 0 Å². The van der Waals surface area contributed by atoms with Gasteiger partial charge in [0.25, 0.3) is 0 Å². The molecule has 0 saturated carbocycles. The molecule has 0 unspecified atom stereocenters. The molecule has 3 heterocycles. The standard InChI is InChI=1S/C17H22N8/c1-17(2,3)15-14(16-21-24-25-22-16)13(12-9-18-23-20-12)10-7-5-4-6-8-11(10)19-15/h9H,4-8H2,1-3H3,(H,18,20,23)(H,21,22,24,25). The zero-order valence-electron chi connectivity index (χ0n) is 14.8. The molecule has 25 heavy (non-hydrogen) atoms. The molecule has 8 heteroatoms. The fraction of sp³-hybridized carbons (Fsp3) is 0.529. The molecule has 1 aliphatic carbocycles. The largest absolute Gasteiger partial charge is 0.258 e. The molecule has 130 valence electrons. The lowest BCUT2D eigenvalue weighted by molar-refractivity contribution is 0.566. The molecule has 3 aromatic heterocycles. The van der Waals surface area contributed by atoms with E-state index in [1.54, 1.807) is 6.20 Å². The monoisotopic (exact) mass is 338 g/mol. The van der Waals surface area contributed by atoms with Gasteiger partial charge in [-0.05, 0) is 41.7 Å². The van der Waals surface area contributed by atoms with Crippen LogP contribution in [-0.2, 0) is 18.3 Å². The van der Waals surface area contributed by atoms with Crippen LogP contribution in [0.1, 0.15) is 57.0 Å². The zero-order chi connectivity index (χ0) is 17.4. The number of hydrogen-bond acceptors (Lipinski definition) is 6. The summed E-state index contributed by atoms with van der Waals surface area (Å²) in [4.78, 5) is 5.10. The molecule has 4 rings (SSSR count). The number of aromatic nitrogens is 8. The summed E-state index contributed by atoms with van der Waals surface area (Å²) in [5.41, 5.74) is 6.22.